The van der Waals surface area contributed by atoms with Crippen LogP contribution in [-0.2, 0) is 4.74 Å². The van der Waals surface area contributed by atoms with Crippen LogP contribution in [0.25, 0.3) is 5.69 Å². The summed E-state index contributed by atoms with van der Waals surface area (Å²) in [6, 6.07) is 6.47. The third-order valence-corrected chi connectivity index (χ3v) is 3.68. The molecule has 0 spiro atoms. The number of nitrogens with zero attached hydrogens (tertiary/aromatic N) is 2. The van der Waals surface area contributed by atoms with Crippen molar-refractivity contribution in [2.75, 3.05) is 19.5 Å². The molecule has 0 amide bonds. The van der Waals surface area contributed by atoms with Crippen molar-refractivity contribution >= 4 is 11.8 Å². The van der Waals surface area contributed by atoms with Crippen molar-refractivity contribution in [3.63, 3.8) is 0 Å². The maximum atomic E-state index is 5.07. The minimum absolute atomic E-state index is 0.740. The fourth-order valence-electron chi connectivity index (χ4n) is 1.78. The maximum Gasteiger partial charge on any atom is 0.172 e. The summed E-state index contributed by atoms with van der Waals surface area (Å²) in [7, 11) is 1.72. The highest BCUT2D eigenvalue weighted by atomic mass is 32.2. The Labute approximate surface area is 112 Å². The first-order chi connectivity index (χ1) is 8.72. The lowest BCUT2D eigenvalue weighted by atomic mass is 10.1. The van der Waals surface area contributed by atoms with Crippen LogP contribution in [0.3, 0.4) is 0 Å². The third-order valence-electron chi connectivity index (χ3n) is 2.75. The quantitative estimate of drug-likeness (QED) is 0.611. The van der Waals surface area contributed by atoms with Gasteiger partial charge in [-0.05, 0) is 31.0 Å². The molecule has 0 atom stereocenters. The molecule has 0 unspecified atom stereocenters. The van der Waals surface area contributed by atoms with Gasteiger partial charge in [-0.1, -0.05) is 23.9 Å². The zero-order chi connectivity index (χ0) is 13.0. The number of hydrogen-bond donors (Lipinski definition) is 0. The molecular formula is C14H18N2OS. The smallest absolute Gasteiger partial charge is 0.172 e. The highest BCUT2D eigenvalue weighted by Crippen LogP contribution is 2.23. The predicted octanol–water partition coefficient (Wildman–Crippen LogP) is 3.23. The summed E-state index contributed by atoms with van der Waals surface area (Å²) in [5.74, 6) is 0.915. The molecular weight excluding hydrogens is 244 g/mol. The van der Waals surface area contributed by atoms with Crippen LogP contribution >= 0.6 is 11.8 Å². The number of methoxy groups -OCH3 is 1. The van der Waals surface area contributed by atoms with E-state index in [2.05, 4.69) is 41.6 Å². The topological polar surface area (TPSA) is 27.1 Å². The summed E-state index contributed by atoms with van der Waals surface area (Å²) in [5, 5.41) is 1.01. The van der Waals surface area contributed by atoms with Crippen molar-refractivity contribution in [3.8, 4) is 5.69 Å². The highest BCUT2D eigenvalue weighted by molar-refractivity contribution is 7.99. The first kappa shape index (κ1) is 13.2. The normalized spacial score (nSPS) is 10.8. The minimum atomic E-state index is 0.740. The number of ether oxygens (including phenoxy) is 1. The van der Waals surface area contributed by atoms with Crippen molar-refractivity contribution in [1.29, 1.82) is 0 Å². The number of aryl methyl sites for hydroxylation is 2. The Balaban J connectivity index is 2.27. The van der Waals surface area contributed by atoms with Gasteiger partial charge in [-0.25, -0.2) is 4.98 Å². The van der Waals surface area contributed by atoms with Crippen LogP contribution in [0.2, 0.25) is 0 Å². The lowest BCUT2D eigenvalue weighted by Gasteiger charge is -2.11. The van der Waals surface area contributed by atoms with Gasteiger partial charge in [0, 0.05) is 25.3 Å². The first-order valence-corrected chi connectivity index (χ1v) is 6.93. The van der Waals surface area contributed by atoms with E-state index >= 15 is 0 Å². The molecule has 2 rings (SSSR count). The van der Waals surface area contributed by atoms with Gasteiger partial charge in [0.1, 0.15) is 0 Å². The number of hydrogen-bond acceptors (Lipinski definition) is 3. The summed E-state index contributed by atoms with van der Waals surface area (Å²) >= 11 is 1.71. The van der Waals surface area contributed by atoms with Gasteiger partial charge in [0.15, 0.2) is 5.16 Å². The van der Waals surface area contributed by atoms with E-state index in [0.29, 0.717) is 0 Å². The summed E-state index contributed by atoms with van der Waals surface area (Å²) in [4.78, 5) is 4.41. The van der Waals surface area contributed by atoms with Gasteiger partial charge in [0.05, 0.1) is 12.3 Å². The van der Waals surface area contributed by atoms with Crippen molar-refractivity contribution < 1.29 is 4.74 Å². The van der Waals surface area contributed by atoms with Gasteiger partial charge in [-0.3, -0.25) is 4.57 Å². The Kier molecular flexibility index (Phi) is 4.44. The molecule has 96 valence electrons. The number of aromatic nitrogens is 2. The molecule has 2 aromatic rings. The molecule has 0 aliphatic heterocycles. The van der Waals surface area contributed by atoms with Crippen molar-refractivity contribution in [2.45, 2.75) is 19.0 Å². The van der Waals surface area contributed by atoms with Crippen LogP contribution in [-0.4, -0.2) is 29.0 Å². The lowest BCUT2D eigenvalue weighted by Crippen LogP contribution is -2.00. The van der Waals surface area contributed by atoms with Crippen molar-refractivity contribution in [1.82, 2.24) is 9.55 Å². The number of imidazole rings is 1. The molecule has 1 aromatic heterocycles. The second-order valence-corrected chi connectivity index (χ2v) is 5.27. The van der Waals surface area contributed by atoms with Crippen LogP contribution in [0, 0.1) is 13.8 Å². The van der Waals surface area contributed by atoms with E-state index in [4.69, 9.17) is 4.74 Å². The van der Waals surface area contributed by atoms with E-state index < -0.39 is 0 Å². The standard InChI is InChI=1S/C14H18N2OS/c1-11-4-5-12(2)13(10-11)16-7-6-15-14(16)18-9-8-17-3/h4-7,10H,8-9H2,1-3H3. The number of thioether (sulfide) groups is 1. The molecule has 0 N–H and O–H groups in total. The Morgan fingerprint density at radius 1 is 1.33 bits per heavy atom. The molecule has 1 heterocycles. The monoisotopic (exact) mass is 262 g/mol. The second kappa shape index (κ2) is 6.07. The molecule has 0 saturated carbocycles. The van der Waals surface area contributed by atoms with Crippen LogP contribution in [0.1, 0.15) is 11.1 Å². The van der Waals surface area contributed by atoms with Gasteiger partial charge in [0.2, 0.25) is 0 Å². The lowest BCUT2D eigenvalue weighted by molar-refractivity contribution is 0.218. The van der Waals surface area contributed by atoms with Crippen molar-refractivity contribution in [3.05, 3.63) is 41.7 Å². The van der Waals surface area contributed by atoms with E-state index in [1.807, 2.05) is 12.4 Å². The fourth-order valence-corrected chi connectivity index (χ4v) is 2.64. The summed E-state index contributed by atoms with van der Waals surface area (Å²) in [6.45, 7) is 4.97. The first-order valence-electron chi connectivity index (χ1n) is 5.95. The molecule has 0 saturated heterocycles. The predicted molar refractivity (Wildman–Crippen MR) is 75.6 cm³/mol. The average Bonchev–Trinajstić information content (AvgIpc) is 2.81. The summed E-state index contributed by atoms with van der Waals surface area (Å²) in [5.41, 5.74) is 3.72. The van der Waals surface area contributed by atoms with Gasteiger partial charge in [-0.2, -0.15) is 0 Å². The van der Waals surface area contributed by atoms with Gasteiger partial charge >= 0.3 is 0 Å². The molecule has 0 aliphatic rings. The SMILES string of the molecule is COCCSc1nccn1-c1cc(C)ccc1C. The largest absolute Gasteiger partial charge is 0.384 e. The molecule has 0 bridgehead atoms. The second-order valence-electron chi connectivity index (χ2n) is 4.21. The Morgan fingerprint density at radius 3 is 2.94 bits per heavy atom. The Bertz CT molecular complexity index is 522. The van der Waals surface area contributed by atoms with E-state index in [-0.39, 0.29) is 0 Å². The number of benzene rings is 1. The summed E-state index contributed by atoms with van der Waals surface area (Å²) < 4.78 is 7.21. The fraction of sp³-hybridized carbons (Fsp3) is 0.357. The molecule has 1 aromatic carbocycles. The van der Waals surface area contributed by atoms with E-state index in [1.165, 1.54) is 16.8 Å². The minimum Gasteiger partial charge on any atom is -0.384 e. The number of rotatable bonds is 5. The molecule has 0 fully saturated rings. The molecule has 18 heavy (non-hydrogen) atoms. The zero-order valence-electron chi connectivity index (χ0n) is 11.0. The van der Waals surface area contributed by atoms with E-state index in [1.54, 1.807) is 18.9 Å². The molecule has 3 nitrogen and oxygen atoms in total. The van der Waals surface area contributed by atoms with E-state index in [9.17, 15) is 0 Å². The molecule has 0 radical (unpaired) electrons. The summed E-state index contributed by atoms with van der Waals surface area (Å²) in [6.07, 6.45) is 3.85. The van der Waals surface area contributed by atoms with Gasteiger partial charge in [-0.15, -0.1) is 0 Å². The maximum absolute atomic E-state index is 5.07. The van der Waals surface area contributed by atoms with E-state index in [0.717, 1.165) is 17.5 Å². The third kappa shape index (κ3) is 2.94. The van der Waals surface area contributed by atoms with Gasteiger partial charge in [0.25, 0.3) is 0 Å². The average molecular weight is 262 g/mol. The Hall–Kier alpha value is -1.26. The molecule has 4 heteroatoms. The van der Waals surface area contributed by atoms with Gasteiger partial charge < -0.3 is 4.74 Å². The van der Waals surface area contributed by atoms with Crippen molar-refractivity contribution in [2.24, 2.45) is 0 Å². The Morgan fingerprint density at radius 2 is 2.17 bits per heavy atom. The van der Waals surface area contributed by atoms with Crippen LogP contribution < -0.4 is 0 Å². The van der Waals surface area contributed by atoms with Crippen LogP contribution in [0.15, 0.2) is 35.7 Å². The van der Waals surface area contributed by atoms with Crippen LogP contribution in [0.5, 0.6) is 0 Å². The van der Waals surface area contributed by atoms with Crippen LogP contribution in [0.4, 0.5) is 0 Å². The molecule has 0 aliphatic carbocycles. The zero-order valence-corrected chi connectivity index (χ0v) is 11.8. The highest BCUT2D eigenvalue weighted by Gasteiger charge is 2.08.